The van der Waals surface area contributed by atoms with Crippen molar-refractivity contribution in [1.82, 2.24) is 19.7 Å². The minimum Gasteiger partial charge on any atom is -0.325 e. The number of halogens is 2. The first-order chi connectivity index (χ1) is 14.6. The van der Waals surface area contributed by atoms with E-state index in [1.165, 1.54) is 17.8 Å². The van der Waals surface area contributed by atoms with Crippen molar-refractivity contribution < 1.29 is 13.6 Å². The quantitative estimate of drug-likeness (QED) is 0.467. The largest absolute Gasteiger partial charge is 0.325 e. The van der Waals surface area contributed by atoms with Crippen LogP contribution in [0.2, 0.25) is 0 Å². The fourth-order valence-corrected chi connectivity index (χ4v) is 3.29. The van der Waals surface area contributed by atoms with Crippen LogP contribution in [0.25, 0.3) is 16.9 Å². The number of anilines is 1. The van der Waals surface area contributed by atoms with E-state index in [0.29, 0.717) is 10.7 Å². The van der Waals surface area contributed by atoms with Gasteiger partial charge in [-0.25, -0.2) is 13.8 Å². The lowest BCUT2D eigenvalue weighted by Gasteiger charge is -2.06. The number of rotatable bonds is 6. The molecule has 0 aliphatic rings. The Kier molecular flexibility index (Phi) is 5.80. The van der Waals surface area contributed by atoms with Gasteiger partial charge in [-0.3, -0.25) is 4.79 Å². The van der Waals surface area contributed by atoms with Crippen LogP contribution in [0, 0.1) is 11.6 Å². The zero-order chi connectivity index (χ0) is 20.9. The smallest absolute Gasteiger partial charge is 0.234 e. The summed E-state index contributed by atoms with van der Waals surface area (Å²) < 4.78 is 28.0. The third-order valence-corrected chi connectivity index (χ3v) is 5.08. The second-order valence-corrected chi connectivity index (χ2v) is 7.24. The predicted octanol–water partition coefficient (Wildman–Crippen LogP) is 4.34. The van der Waals surface area contributed by atoms with Gasteiger partial charge in [0, 0.05) is 35.4 Å². The first-order valence-corrected chi connectivity index (χ1v) is 9.87. The van der Waals surface area contributed by atoms with Crippen LogP contribution < -0.4 is 5.32 Å². The molecule has 4 aromatic rings. The maximum atomic E-state index is 13.2. The van der Waals surface area contributed by atoms with E-state index in [-0.39, 0.29) is 17.3 Å². The standard InChI is InChI=1S/C21H15F2N5OS/c22-17-6-3-15(11-18(17)23)25-20(29)12-30-21-8-7-19(26-27-21)14-1-4-16(5-2-14)28-10-9-24-13-28/h1-11,13H,12H2,(H,25,29). The average Bonchev–Trinajstić information content (AvgIpc) is 3.30. The topological polar surface area (TPSA) is 72.7 Å². The van der Waals surface area contributed by atoms with Gasteiger partial charge >= 0.3 is 0 Å². The summed E-state index contributed by atoms with van der Waals surface area (Å²) in [7, 11) is 0. The molecule has 0 radical (unpaired) electrons. The van der Waals surface area contributed by atoms with E-state index in [1.807, 2.05) is 41.1 Å². The average molecular weight is 423 g/mol. The van der Waals surface area contributed by atoms with Gasteiger partial charge < -0.3 is 9.88 Å². The van der Waals surface area contributed by atoms with E-state index in [2.05, 4.69) is 20.5 Å². The molecule has 0 saturated heterocycles. The second kappa shape index (κ2) is 8.83. The number of amides is 1. The molecule has 0 unspecified atom stereocenters. The van der Waals surface area contributed by atoms with Crippen LogP contribution in [-0.2, 0) is 4.79 Å². The second-order valence-electron chi connectivity index (χ2n) is 6.24. The van der Waals surface area contributed by atoms with E-state index in [0.717, 1.165) is 23.4 Å². The van der Waals surface area contributed by atoms with Crippen molar-refractivity contribution in [3.8, 4) is 16.9 Å². The van der Waals surface area contributed by atoms with Crippen LogP contribution in [0.4, 0.5) is 14.5 Å². The Labute approximate surface area is 175 Å². The normalized spacial score (nSPS) is 10.7. The zero-order valence-corrected chi connectivity index (χ0v) is 16.3. The van der Waals surface area contributed by atoms with Gasteiger partial charge in [0.1, 0.15) is 5.03 Å². The Bertz CT molecular complexity index is 1150. The number of hydrogen-bond donors (Lipinski definition) is 1. The molecule has 0 aliphatic carbocycles. The maximum Gasteiger partial charge on any atom is 0.234 e. The van der Waals surface area contributed by atoms with Crippen LogP contribution in [0.5, 0.6) is 0 Å². The van der Waals surface area contributed by atoms with E-state index in [4.69, 9.17) is 0 Å². The van der Waals surface area contributed by atoms with E-state index in [9.17, 15) is 13.6 Å². The molecule has 0 fully saturated rings. The highest BCUT2D eigenvalue weighted by Crippen LogP contribution is 2.21. The third-order valence-electron chi connectivity index (χ3n) is 4.16. The maximum absolute atomic E-state index is 13.2. The molecule has 2 aromatic carbocycles. The van der Waals surface area contributed by atoms with Gasteiger partial charge in [-0.2, -0.15) is 0 Å². The van der Waals surface area contributed by atoms with Gasteiger partial charge in [-0.05, 0) is 36.4 Å². The van der Waals surface area contributed by atoms with Crippen LogP contribution in [0.1, 0.15) is 0 Å². The Morgan fingerprint density at radius 3 is 2.50 bits per heavy atom. The zero-order valence-electron chi connectivity index (χ0n) is 15.5. The minimum absolute atomic E-state index is 0.0621. The molecule has 0 saturated carbocycles. The predicted molar refractivity (Wildman–Crippen MR) is 110 cm³/mol. The summed E-state index contributed by atoms with van der Waals surface area (Å²) in [5.74, 6) is -2.27. The van der Waals surface area contributed by atoms with Gasteiger partial charge in [0.15, 0.2) is 11.6 Å². The molecule has 0 atom stereocenters. The minimum atomic E-state index is -1.01. The fraction of sp³-hybridized carbons (Fsp3) is 0.0476. The first kappa shape index (κ1) is 19.7. The summed E-state index contributed by atoms with van der Waals surface area (Å²) in [6.07, 6.45) is 5.31. The summed E-state index contributed by atoms with van der Waals surface area (Å²) in [6, 6.07) is 14.6. The van der Waals surface area contributed by atoms with Crippen LogP contribution in [-0.4, -0.2) is 31.4 Å². The van der Waals surface area contributed by atoms with Crippen molar-refractivity contribution in [2.45, 2.75) is 5.03 Å². The molecular weight excluding hydrogens is 408 g/mol. The number of nitrogens with zero attached hydrogens (tertiary/aromatic N) is 4. The third kappa shape index (κ3) is 4.69. The number of hydrogen-bond acceptors (Lipinski definition) is 5. The van der Waals surface area contributed by atoms with Crippen LogP contribution in [0.3, 0.4) is 0 Å². The fourth-order valence-electron chi connectivity index (χ4n) is 2.68. The van der Waals surface area contributed by atoms with Crippen molar-refractivity contribution in [3.63, 3.8) is 0 Å². The molecule has 1 amide bonds. The van der Waals surface area contributed by atoms with Crippen LogP contribution in [0.15, 0.2) is 78.3 Å². The van der Waals surface area contributed by atoms with Gasteiger partial charge in [-0.1, -0.05) is 23.9 Å². The molecular formula is C21H15F2N5OS. The molecule has 4 rings (SSSR count). The summed E-state index contributed by atoms with van der Waals surface area (Å²) in [6.45, 7) is 0. The number of carbonyl (C=O) groups is 1. The molecule has 2 aromatic heterocycles. The Balaban J connectivity index is 1.34. The molecule has 30 heavy (non-hydrogen) atoms. The molecule has 1 N–H and O–H groups in total. The highest BCUT2D eigenvalue weighted by molar-refractivity contribution is 7.99. The van der Waals surface area contributed by atoms with Crippen molar-refractivity contribution in [2.75, 3.05) is 11.1 Å². The molecule has 2 heterocycles. The number of imidazole rings is 1. The van der Waals surface area contributed by atoms with E-state index < -0.39 is 11.6 Å². The number of aromatic nitrogens is 4. The van der Waals surface area contributed by atoms with Gasteiger partial charge in [0.05, 0.1) is 17.8 Å². The van der Waals surface area contributed by atoms with Crippen molar-refractivity contribution >= 4 is 23.4 Å². The lowest BCUT2D eigenvalue weighted by Crippen LogP contribution is -2.14. The van der Waals surface area contributed by atoms with Gasteiger partial charge in [0.2, 0.25) is 5.91 Å². The molecule has 9 heteroatoms. The molecule has 0 spiro atoms. The summed E-state index contributed by atoms with van der Waals surface area (Å²) in [4.78, 5) is 16.0. The Morgan fingerprint density at radius 1 is 1.00 bits per heavy atom. The molecule has 6 nitrogen and oxygen atoms in total. The molecule has 0 aliphatic heterocycles. The Morgan fingerprint density at radius 2 is 1.83 bits per heavy atom. The Hall–Kier alpha value is -3.59. The van der Waals surface area contributed by atoms with E-state index in [1.54, 1.807) is 18.6 Å². The van der Waals surface area contributed by atoms with Crippen molar-refractivity contribution in [2.24, 2.45) is 0 Å². The van der Waals surface area contributed by atoms with Crippen LogP contribution >= 0.6 is 11.8 Å². The van der Waals surface area contributed by atoms with E-state index >= 15 is 0 Å². The highest BCUT2D eigenvalue weighted by atomic mass is 32.2. The highest BCUT2D eigenvalue weighted by Gasteiger charge is 2.08. The number of benzene rings is 2. The number of carbonyl (C=O) groups excluding carboxylic acids is 1. The lowest BCUT2D eigenvalue weighted by atomic mass is 10.1. The lowest BCUT2D eigenvalue weighted by molar-refractivity contribution is -0.113. The summed E-state index contributed by atoms with van der Waals surface area (Å²) in [5.41, 5.74) is 2.81. The number of thioether (sulfide) groups is 1. The monoisotopic (exact) mass is 423 g/mol. The van der Waals surface area contributed by atoms with Crippen molar-refractivity contribution in [1.29, 1.82) is 0 Å². The molecule has 0 bridgehead atoms. The summed E-state index contributed by atoms with van der Waals surface area (Å²) in [5, 5.41) is 11.4. The SMILES string of the molecule is O=C(CSc1ccc(-c2ccc(-n3ccnc3)cc2)nn1)Nc1ccc(F)c(F)c1. The number of nitrogens with one attached hydrogen (secondary N) is 1. The van der Waals surface area contributed by atoms with Gasteiger partial charge in [-0.15, -0.1) is 10.2 Å². The van der Waals surface area contributed by atoms with Crippen molar-refractivity contribution in [3.05, 3.63) is 85.0 Å². The first-order valence-electron chi connectivity index (χ1n) is 8.89. The molecule has 150 valence electrons. The van der Waals surface area contributed by atoms with Gasteiger partial charge in [0.25, 0.3) is 0 Å². The summed E-state index contributed by atoms with van der Waals surface area (Å²) >= 11 is 1.20.